The van der Waals surface area contributed by atoms with Crippen molar-refractivity contribution in [2.24, 2.45) is 0 Å². The highest BCUT2D eigenvalue weighted by atomic mass is 19.1. The second-order valence-electron chi connectivity index (χ2n) is 8.63. The van der Waals surface area contributed by atoms with Gasteiger partial charge in [0.15, 0.2) is 5.78 Å². The second kappa shape index (κ2) is 13.5. The molecular formula is C33H27FN2O4. The SMILES string of the molecule is CCOc1ccc(/C=C(\NC(=O)c2ccccc2)C(=O)Nc2ccc(C(=O)/C=C/c3ccccc3F)cc2)cc1. The maximum Gasteiger partial charge on any atom is 0.272 e. The molecule has 0 unspecified atom stereocenters. The molecule has 4 aromatic carbocycles. The number of benzene rings is 4. The smallest absolute Gasteiger partial charge is 0.272 e. The van der Waals surface area contributed by atoms with Crippen molar-refractivity contribution in [3.63, 3.8) is 0 Å². The average molecular weight is 535 g/mol. The molecule has 0 heterocycles. The Balaban J connectivity index is 1.50. The van der Waals surface area contributed by atoms with Gasteiger partial charge in [-0.05, 0) is 85.3 Å². The first-order chi connectivity index (χ1) is 19.4. The molecule has 4 rings (SSSR count). The van der Waals surface area contributed by atoms with Crippen LogP contribution in [0.5, 0.6) is 5.75 Å². The number of carbonyl (C=O) groups is 3. The molecular weight excluding hydrogens is 507 g/mol. The number of ether oxygens (including phenoxy) is 1. The summed E-state index contributed by atoms with van der Waals surface area (Å²) in [5, 5.41) is 5.45. The lowest BCUT2D eigenvalue weighted by Gasteiger charge is -2.12. The number of allylic oxidation sites excluding steroid dienone is 1. The molecule has 0 aliphatic heterocycles. The van der Waals surface area contributed by atoms with Crippen LogP contribution in [0.1, 0.15) is 38.8 Å². The zero-order chi connectivity index (χ0) is 28.3. The molecule has 0 radical (unpaired) electrons. The summed E-state index contributed by atoms with van der Waals surface area (Å²) in [4.78, 5) is 38.6. The van der Waals surface area contributed by atoms with E-state index in [2.05, 4.69) is 10.6 Å². The topological polar surface area (TPSA) is 84.5 Å². The summed E-state index contributed by atoms with van der Waals surface area (Å²) in [6, 6.07) is 28.1. The molecule has 6 nitrogen and oxygen atoms in total. The van der Waals surface area contributed by atoms with Gasteiger partial charge in [-0.25, -0.2) is 4.39 Å². The maximum atomic E-state index is 13.8. The fourth-order valence-corrected chi connectivity index (χ4v) is 3.72. The fraction of sp³-hybridized carbons (Fsp3) is 0.0606. The number of anilines is 1. The highest BCUT2D eigenvalue weighted by Gasteiger charge is 2.15. The van der Waals surface area contributed by atoms with Gasteiger partial charge in [0, 0.05) is 22.4 Å². The summed E-state index contributed by atoms with van der Waals surface area (Å²) >= 11 is 0. The van der Waals surface area contributed by atoms with E-state index in [1.165, 1.54) is 18.2 Å². The molecule has 0 aliphatic rings. The third-order valence-electron chi connectivity index (χ3n) is 5.78. The predicted octanol–water partition coefficient (Wildman–Crippen LogP) is 6.53. The van der Waals surface area contributed by atoms with Crippen LogP contribution in [0.25, 0.3) is 12.2 Å². The number of ketones is 1. The van der Waals surface area contributed by atoms with Crippen LogP contribution in [-0.4, -0.2) is 24.2 Å². The van der Waals surface area contributed by atoms with Gasteiger partial charge in [-0.3, -0.25) is 14.4 Å². The van der Waals surface area contributed by atoms with Crippen LogP contribution in [0.2, 0.25) is 0 Å². The molecule has 0 saturated heterocycles. The summed E-state index contributed by atoms with van der Waals surface area (Å²) in [6.45, 7) is 2.42. The lowest BCUT2D eigenvalue weighted by Crippen LogP contribution is -2.30. The van der Waals surface area contributed by atoms with Gasteiger partial charge in [0.05, 0.1) is 6.61 Å². The van der Waals surface area contributed by atoms with Crippen LogP contribution in [0.4, 0.5) is 10.1 Å². The normalized spacial score (nSPS) is 11.2. The number of hydrogen-bond donors (Lipinski definition) is 2. The van der Waals surface area contributed by atoms with Crippen molar-refractivity contribution in [1.82, 2.24) is 5.32 Å². The van der Waals surface area contributed by atoms with Gasteiger partial charge >= 0.3 is 0 Å². The van der Waals surface area contributed by atoms with Crippen LogP contribution in [0.3, 0.4) is 0 Å². The number of rotatable bonds is 10. The minimum atomic E-state index is -0.545. The molecule has 0 aromatic heterocycles. The molecule has 7 heteroatoms. The Morgan fingerprint density at radius 3 is 2.15 bits per heavy atom. The number of hydrogen-bond acceptors (Lipinski definition) is 4. The van der Waals surface area contributed by atoms with Crippen LogP contribution >= 0.6 is 0 Å². The predicted molar refractivity (Wildman–Crippen MR) is 154 cm³/mol. The summed E-state index contributed by atoms with van der Waals surface area (Å²) in [6.07, 6.45) is 4.28. The monoisotopic (exact) mass is 534 g/mol. The van der Waals surface area contributed by atoms with Crippen LogP contribution in [0.15, 0.2) is 115 Å². The largest absolute Gasteiger partial charge is 0.494 e. The Kier molecular flexibility index (Phi) is 9.35. The average Bonchev–Trinajstić information content (AvgIpc) is 2.98. The van der Waals surface area contributed by atoms with Crippen LogP contribution < -0.4 is 15.4 Å². The van der Waals surface area contributed by atoms with E-state index in [0.717, 1.165) is 0 Å². The molecule has 200 valence electrons. The van der Waals surface area contributed by atoms with E-state index in [1.807, 2.05) is 6.92 Å². The summed E-state index contributed by atoms with van der Waals surface area (Å²) in [7, 11) is 0. The van der Waals surface area contributed by atoms with Gasteiger partial charge in [0.2, 0.25) is 0 Å². The molecule has 0 fully saturated rings. The van der Waals surface area contributed by atoms with Crippen molar-refractivity contribution >= 4 is 35.4 Å². The molecule has 0 atom stereocenters. The molecule has 2 amide bonds. The Morgan fingerprint density at radius 1 is 0.800 bits per heavy atom. The van der Waals surface area contributed by atoms with E-state index in [9.17, 15) is 18.8 Å². The maximum absolute atomic E-state index is 13.8. The molecule has 0 bridgehead atoms. The van der Waals surface area contributed by atoms with Crippen LogP contribution in [0, 0.1) is 5.82 Å². The molecule has 0 saturated carbocycles. The Bertz CT molecular complexity index is 1540. The van der Waals surface area contributed by atoms with E-state index in [4.69, 9.17) is 4.74 Å². The van der Waals surface area contributed by atoms with Gasteiger partial charge in [0.1, 0.15) is 17.3 Å². The third kappa shape index (κ3) is 7.61. The van der Waals surface area contributed by atoms with Gasteiger partial charge in [-0.15, -0.1) is 0 Å². The number of amides is 2. The lowest BCUT2D eigenvalue weighted by atomic mass is 10.1. The van der Waals surface area contributed by atoms with Gasteiger partial charge in [-0.2, -0.15) is 0 Å². The first-order valence-electron chi connectivity index (χ1n) is 12.6. The van der Waals surface area contributed by atoms with E-state index < -0.39 is 17.6 Å². The van der Waals surface area contributed by atoms with Gasteiger partial charge < -0.3 is 15.4 Å². The lowest BCUT2D eigenvalue weighted by molar-refractivity contribution is -0.113. The first kappa shape index (κ1) is 27.7. The van der Waals surface area contributed by atoms with Crippen molar-refractivity contribution in [2.75, 3.05) is 11.9 Å². The van der Waals surface area contributed by atoms with E-state index in [0.29, 0.717) is 40.3 Å². The zero-order valence-electron chi connectivity index (χ0n) is 21.8. The van der Waals surface area contributed by atoms with Crippen LogP contribution in [-0.2, 0) is 4.79 Å². The zero-order valence-corrected chi connectivity index (χ0v) is 21.8. The van der Waals surface area contributed by atoms with Crippen molar-refractivity contribution in [1.29, 1.82) is 0 Å². The minimum Gasteiger partial charge on any atom is -0.494 e. The van der Waals surface area contributed by atoms with Crippen molar-refractivity contribution < 1.29 is 23.5 Å². The third-order valence-corrected chi connectivity index (χ3v) is 5.78. The molecule has 2 N–H and O–H groups in total. The highest BCUT2D eigenvalue weighted by molar-refractivity contribution is 6.11. The summed E-state index contributed by atoms with van der Waals surface area (Å²) in [5.41, 5.74) is 2.22. The van der Waals surface area contributed by atoms with Crippen molar-refractivity contribution in [2.45, 2.75) is 6.92 Å². The Morgan fingerprint density at radius 2 is 1.48 bits per heavy atom. The van der Waals surface area contributed by atoms with E-state index >= 15 is 0 Å². The quantitative estimate of drug-likeness (QED) is 0.179. The van der Waals surface area contributed by atoms with Gasteiger partial charge in [0.25, 0.3) is 11.8 Å². The Hall–Kier alpha value is -5.30. The standard InChI is InChI=1S/C33H27FN2O4/c1-2-40-28-19-12-23(13-20-28)22-30(36-32(38)26-9-4-3-5-10-26)33(39)35-27-17-14-25(15-18-27)31(37)21-16-24-8-6-7-11-29(24)34/h3-22H,2H2,1H3,(H,35,39)(H,36,38)/b21-16+,30-22-. The van der Waals surface area contributed by atoms with E-state index in [1.54, 1.807) is 103 Å². The van der Waals surface area contributed by atoms with Gasteiger partial charge in [-0.1, -0.05) is 48.5 Å². The number of nitrogens with one attached hydrogen (secondary N) is 2. The molecule has 0 spiro atoms. The van der Waals surface area contributed by atoms with Crippen molar-refractivity contribution in [3.8, 4) is 5.75 Å². The highest BCUT2D eigenvalue weighted by Crippen LogP contribution is 2.17. The second-order valence-corrected chi connectivity index (χ2v) is 8.63. The first-order valence-corrected chi connectivity index (χ1v) is 12.6. The summed E-state index contributed by atoms with van der Waals surface area (Å²) in [5.74, 6) is -1.02. The summed E-state index contributed by atoms with van der Waals surface area (Å²) < 4.78 is 19.3. The number of halogens is 1. The van der Waals surface area contributed by atoms with Crippen molar-refractivity contribution in [3.05, 3.63) is 143 Å². The fourth-order valence-electron chi connectivity index (χ4n) is 3.72. The van der Waals surface area contributed by atoms with E-state index in [-0.39, 0.29) is 11.5 Å². The number of carbonyl (C=O) groups excluding carboxylic acids is 3. The molecule has 4 aromatic rings. The molecule has 0 aliphatic carbocycles. The molecule has 40 heavy (non-hydrogen) atoms. The Labute approximate surface area is 231 Å². The minimum absolute atomic E-state index is 0.0333.